The topological polar surface area (TPSA) is 142 Å². The van der Waals surface area contributed by atoms with E-state index in [4.69, 9.17) is 5.73 Å². The zero-order chi connectivity index (χ0) is 31.4. The van der Waals surface area contributed by atoms with Gasteiger partial charge in [0.05, 0.1) is 18.3 Å². The molecule has 0 spiro atoms. The predicted octanol–water partition coefficient (Wildman–Crippen LogP) is 3.26. The third kappa shape index (κ3) is 6.76. The van der Waals surface area contributed by atoms with Crippen LogP contribution in [0.5, 0.6) is 0 Å². The van der Waals surface area contributed by atoms with Crippen molar-refractivity contribution in [2.45, 2.75) is 25.8 Å². The van der Waals surface area contributed by atoms with Gasteiger partial charge in [-0.2, -0.15) is 0 Å². The molecule has 1 atom stereocenters. The summed E-state index contributed by atoms with van der Waals surface area (Å²) < 4.78 is 3.83. The molecule has 5 rings (SSSR count). The van der Waals surface area contributed by atoms with Gasteiger partial charge in [0.15, 0.2) is 0 Å². The van der Waals surface area contributed by atoms with Crippen LogP contribution in [0, 0.1) is 6.92 Å². The lowest BCUT2D eigenvalue weighted by Crippen LogP contribution is -2.45. The van der Waals surface area contributed by atoms with Gasteiger partial charge < -0.3 is 25.8 Å². The van der Waals surface area contributed by atoms with Crippen molar-refractivity contribution in [1.29, 1.82) is 0 Å². The number of aryl methyl sites for hydroxylation is 1. The van der Waals surface area contributed by atoms with E-state index in [0.717, 1.165) is 33.4 Å². The quantitative estimate of drug-likeness (QED) is 0.265. The summed E-state index contributed by atoms with van der Waals surface area (Å²) in [5, 5.41) is 8.85. The number of aromatic nitrogens is 2. The summed E-state index contributed by atoms with van der Waals surface area (Å²) in [4.78, 5) is 57.7. The Morgan fingerprint density at radius 1 is 1.07 bits per heavy atom. The van der Waals surface area contributed by atoms with Crippen LogP contribution in [0.1, 0.15) is 49.3 Å². The SMILES string of the molecule is Cc1nnsc1C(=O)Nc1ccc2c(c1)C(=O)N(CCC(=O)N(CCN(C)C)CC(N)=O)C(c1cccc3ccccc13)C2. The molecule has 3 N–H and O–H groups in total. The molecule has 0 fully saturated rings. The van der Waals surface area contributed by atoms with Gasteiger partial charge in [0, 0.05) is 37.3 Å². The normalized spacial score (nSPS) is 14.5. The van der Waals surface area contributed by atoms with Crippen molar-refractivity contribution in [2.75, 3.05) is 45.6 Å². The van der Waals surface area contributed by atoms with Gasteiger partial charge in [-0.15, -0.1) is 5.10 Å². The molecule has 0 saturated carbocycles. The lowest BCUT2D eigenvalue weighted by Gasteiger charge is -2.38. The number of rotatable bonds is 11. The van der Waals surface area contributed by atoms with Crippen molar-refractivity contribution in [3.05, 3.63) is 87.9 Å². The molecule has 0 radical (unpaired) electrons. The first-order chi connectivity index (χ1) is 21.1. The summed E-state index contributed by atoms with van der Waals surface area (Å²) in [5.41, 5.74) is 8.76. The Balaban J connectivity index is 1.46. The number of likely N-dealkylation sites (N-methyl/N-ethyl adjacent to an activating group) is 1. The molecule has 11 nitrogen and oxygen atoms in total. The minimum absolute atomic E-state index is 0.0249. The molecule has 1 aromatic heterocycles. The van der Waals surface area contributed by atoms with Crippen LogP contribution in [-0.4, -0.2) is 88.2 Å². The zero-order valence-corrected chi connectivity index (χ0v) is 25.8. The van der Waals surface area contributed by atoms with Crippen LogP contribution in [0.4, 0.5) is 5.69 Å². The van der Waals surface area contributed by atoms with Crippen molar-refractivity contribution >= 4 is 51.6 Å². The largest absolute Gasteiger partial charge is 0.368 e. The fourth-order valence-electron chi connectivity index (χ4n) is 5.52. The van der Waals surface area contributed by atoms with Crippen molar-refractivity contribution in [3.63, 3.8) is 0 Å². The first-order valence-corrected chi connectivity index (χ1v) is 15.1. The van der Waals surface area contributed by atoms with Gasteiger partial charge in [-0.05, 0) is 73.0 Å². The average molecular weight is 614 g/mol. The highest BCUT2D eigenvalue weighted by Gasteiger charge is 2.35. The Bertz CT molecular complexity index is 1710. The molecule has 0 aliphatic carbocycles. The first-order valence-electron chi connectivity index (χ1n) is 14.3. The monoisotopic (exact) mass is 613 g/mol. The minimum Gasteiger partial charge on any atom is -0.368 e. The second kappa shape index (κ2) is 13.3. The van der Waals surface area contributed by atoms with Gasteiger partial charge >= 0.3 is 0 Å². The highest BCUT2D eigenvalue weighted by atomic mass is 32.1. The number of fused-ring (bicyclic) bond motifs is 2. The smallest absolute Gasteiger partial charge is 0.269 e. The Morgan fingerprint density at radius 2 is 1.84 bits per heavy atom. The van der Waals surface area contributed by atoms with Gasteiger partial charge in [-0.3, -0.25) is 19.2 Å². The molecule has 1 aliphatic rings. The number of carbonyl (C=O) groups is 4. The number of nitrogens with two attached hydrogens (primary N) is 1. The van der Waals surface area contributed by atoms with Crippen molar-refractivity contribution < 1.29 is 19.2 Å². The van der Waals surface area contributed by atoms with Crippen LogP contribution in [0.25, 0.3) is 10.8 Å². The molecule has 0 bridgehead atoms. The molecule has 1 aliphatic heterocycles. The molecule has 1 unspecified atom stereocenters. The van der Waals surface area contributed by atoms with Gasteiger partial charge in [-0.25, -0.2) is 0 Å². The molecule has 3 aromatic carbocycles. The number of nitrogens with one attached hydrogen (secondary N) is 1. The van der Waals surface area contributed by atoms with Crippen LogP contribution >= 0.6 is 11.5 Å². The summed E-state index contributed by atoms with van der Waals surface area (Å²) in [6.45, 7) is 2.58. The maximum absolute atomic E-state index is 14.2. The fraction of sp³-hybridized carbons (Fsp3) is 0.312. The Kier molecular flexibility index (Phi) is 9.31. The number of carbonyl (C=O) groups excluding carboxylic acids is 4. The highest BCUT2D eigenvalue weighted by Crippen LogP contribution is 2.37. The second-order valence-electron chi connectivity index (χ2n) is 11.1. The lowest BCUT2D eigenvalue weighted by atomic mass is 9.87. The second-order valence-corrected chi connectivity index (χ2v) is 11.9. The van der Waals surface area contributed by atoms with Gasteiger partial charge in [0.2, 0.25) is 11.8 Å². The van der Waals surface area contributed by atoms with E-state index >= 15 is 0 Å². The maximum atomic E-state index is 14.2. The van der Waals surface area contributed by atoms with E-state index in [-0.39, 0.29) is 43.3 Å². The number of anilines is 1. The molecular formula is C32H35N7O4S. The molecule has 0 saturated heterocycles. The molecule has 44 heavy (non-hydrogen) atoms. The van der Waals surface area contributed by atoms with E-state index in [1.807, 2.05) is 67.5 Å². The van der Waals surface area contributed by atoms with Crippen molar-refractivity contribution in [2.24, 2.45) is 5.73 Å². The number of hydrogen-bond acceptors (Lipinski definition) is 8. The third-order valence-electron chi connectivity index (χ3n) is 7.77. The summed E-state index contributed by atoms with van der Waals surface area (Å²) in [7, 11) is 3.77. The standard InChI is InChI=1S/C32H35N7O4S/c1-20-30(44-36-35-20)31(42)34-23-12-11-22-17-27(25-10-6-8-21-7-4-5-9-24(21)25)39(32(43)26(22)18-23)14-13-29(41)38(19-28(33)40)16-15-37(2)3/h4-12,18,27H,13-17,19H2,1-3H3,(H2,33,40)(H,34,42). The van der Waals surface area contributed by atoms with Crippen LogP contribution < -0.4 is 11.1 Å². The fourth-order valence-corrected chi connectivity index (χ4v) is 6.08. The predicted molar refractivity (Wildman–Crippen MR) is 169 cm³/mol. The molecule has 2 heterocycles. The Morgan fingerprint density at radius 3 is 2.57 bits per heavy atom. The number of primary amides is 1. The number of hydrogen-bond donors (Lipinski definition) is 2. The van der Waals surface area contributed by atoms with Crippen LogP contribution in [0.3, 0.4) is 0 Å². The number of amides is 4. The van der Waals surface area contributed by atoms with E-state index in [1.165, 1.54) is 4.90 Å². The van der Waals surface area contributed by atoms with E-state index in [2.05, 4.69) is 14.9 Å². The summed E-state index contributed by atoms with van der Waals surface area (Å²) in [5.74, 6) is -1.43. The zero-order valence-electron chi connectivity index (χ0n) is 24.9. The maximum Gasteiger partial charge on any atom is 0.269 e. The molecule has 4 amide bonds. The summed E-state index contributed by atoms with van der Waals surface area (Å²) >= 11 is 1.01. The molecular weight excluding hydrogens is 578 g/mol. The lowest BCUT2D eigenvalue weighted by molar-refractivity contribution is -0.135. The van der Waals surface area contributed by atoms with E-state index < -0.39 is 5.91 Å². The average Bonchev–Trinajstić information content (AvgIpc) is 3.44. The van der Waals surface area contributed by atoms with Gasteiger partial charge in [-0.1, -0.05) is 53.0 Å². The van der Waals surface area contributed by atoms with Crippen LogP contribution in [0.15, 0.2) is 60.7 Å². The van der Waals surface area contributed by atoms with Crippen molar-refractivity contribution in [3.8, 4) is 0 Å². The van der Waals surface area contributed by atoms with Crippen LogP contribution in [-0.2, 0) is 16.0 Å². The highest BCUT2D eigenvalue weighted by molar-refractivity contribution is 7.08. The van der Waals surface area contributed by atoms with Crippen LogP contribution in [0.2, 0.25) is 0 Å². The van der Waals surface area contributed by atoms with Crippen molar-refractivity contribution in [1.82, 2.24) is 24.3 Å². The minimum atomic E-state index is -0.590. The van der Waals surface area contributed by atoms with E-state index in [9.17, 15) is 19.2 Å². The molecule has 228 valence electrons. The Hall–Kier alpha value is -4.68. The first kappa shape index (κ1) is 30.8. The number of benzene rings is 3. The summed E-state index contributed by atoms with van der Waals surface area (Å²) in [6, 6.07) is 19.1. The van der Waals surface area contributed by atoms with E-state index in [1.54, 1.807) is 24.0 Å². The third-order valence-corrected chi connectivity index (χ3v) is 8.60. The molecule has 12 heteroatoms. The summed E-state index contributed by atoms with van der Waals surface area (Å²) in [6.07, 6.45) is 0.554. The van der Waals surface area contributed by atoms with Gasteiger partial charge in [0.1, 0.15) is 4.88 Å². The molecule has 4 aromatic rings. The Labute approximate surface area is 259 Å². The van der Waals surface area contributed by atoms with Gasteiger partial charge in [0.25, 0.3) is 11.8 Å². The van der Waals surface area contributed by atoms with E-state index in [0.29, 0.717) is 41.3 Å². The number of nitrogens with zero attached hydrogens (tertiary/aromatic N) is 5.